The molecule has 13 aromatic rings. The zero-order chi connectivity index (χ0) is 42.6. The molecule has 1 aliphatic heterocycles. The highest BCUT2D eigenvalue weighted by Gasteiger charge is 2.27. The van der Waals surface area contributed by atoms with E-state index in [-0.39, 0.29) is 0 Å². The first-order valence-corrected chi connectivity index (χ1v) is 22.0. The number of aliphatic imine (C=N–C) groups is 2. The molecule has 0 radical (unpaired) electrons. The van der Waals surface area contributed by atoms with Gasteiger partial charge in [0.15, 0.2) is 5.84 Å². The Morgan fingerprint density at radius 2 is 1.11 bits per heavy atom. The van der Waals surface area contributed by atoms with Crippen molar-refractivity contribution in [1.29, 1.82) is 0 Å². The van der Waals surface area contributed by atoms with E-state index >= 15 is 0 Å². The molecule has 304 valence electrons. The molecule has 4 heterocycles. The predicted octanol–water partition coefficient (Wildman–Crippen LogP) is 15.1. The standard InChI is InChI=1S/C59H36N4O2/c1-2-15-36(16-3-1)57-60-58(62-59(61-57)46-24-12-23-44-42-21-9-11-26-51(42)65-56(44)46)45-30-29-39(63-49-25-10-8-20-41(49)48-32-37-17-4-5-18-38(37)33-50(48)63)34-47(45)43-22-13-27-52-55(43)54-40-19-7-6-14-35(40)28-31-53(54)64-52/h1-34,57H,(H,60,61,62). The molecule has 14 rings (SSSR count). The zero-order valence-corrected chi connectivity index (χ0v) is 34.9. The Hall–Kier alpha value is -8.74. The zero-order valence-electron chi connectivity index (χ0n) is 34.9. The van der Waals surface area contributed by atoms with Gasteiger partial charge in [-0.25, -0.2) is 9.98 Å². The molecule has 0 aliphatic carbocycles. The molecule has 1 atom stereocenters. The molecule has 1 N–H and O–H groups in total. The van der Waals surface area contributed by atoms with Crippen LogP contribution in [0.1, 0.15) is 22.9 Å². The Morgan fingerprint density at radius 1 is 0.415 bits per heavy atom. The first kappa shape index (κ1) is 35.8. The van der Waals surface area contributed by atoms with Crippen LogP contribution in [0.5, 0.6) is 0 Å². The summed E-state index contributed by atoms with van der Waals surface area (Å²) in [5, 5.41) is 15.1. The minimum Gasteiger partial charge on any atom is -0.456 e. The van der Waals surface area contributed by atoms with Crippen LogP contribution >= 0.6 is 0 Å². The van der Waals surface area contributed by atoms with Crippen molar-refractivity contribution in [2.75, 3.05) is 0 Å². The normalized spacial score (nSPS) is 14.3. The lowest BCUT2D eigenvalue weighted by Gasteiger charge is -2.25. The monoisotopic (exact) mass is 832 g/mol. The van der Waals surface area contributed by atoms with Crippen molar-refractivity contribution in [3.05, 3.63) is 223 Å². The maximum Gasteiger partial charge on any atom is 0.160 e. The second-order valence-electron chi connectivity index (χ2n) is 16.9. The molecule has 10 aromatic carbocycles. The van der Waals surface area contributed by atoms with Crippen LogP contribution < -0.4 is 5.32 Å². The minimum atomic E-state index is -0.425. The van der Waals surface area contributed by atoms with E-state index in [9.17, 15) is 0 Å². The quantitative estimate of drug-likeness (QED) is 0.188. The average Bonchev–Trinajstić information content (AvgIpc) is 4.05. The largest absolute Gasteiger partial charge is 0.456 e. The topological polar surface area (TPSA) is 68.0 Å². The summed E-state index contributed by atoms with van der Waals surface area (Å²) in [5.41, 5.74) is 11.4. The van der Waals surface area contributed by atoms with E-state index in [4.69, 9.17) is 18.8 Å². The van der Waals surface area contributed by atoms with Crippen molar-refractivity contribution < 1.29 is 8.83 Å². The number of aromatic nitrogens is 1. The summed E-state index contributed by atoms with van der Waals surface area (Å²) in [7, 11) is 0. The summed E-state index contributed by atoms with van der Waals surface area (Å²) in [6.45, 7) is 0. The number of fused-ring (bicyclic) bond motifs is 12. The van der Waals surface area contributed by atoms with E-state index in [2.05, 4.69) is 198 Å². The van der Waals surface area contributed by atoms with Crippen LogP contribution in [0.4, 0.5) is 0 Å². The minimum absolute atomic E-state index is 0.425. The van der Waals surface area contributed by atoms with Gasteiger partial charge in [0.05, 0.1) is 16.6 Å². The smallest absolute Gasteiger partial charge is 0.160 e. The van der Waals surface area contributed by atoms with Gasteiger partial charge in [-0.1, -0.05) is 146 Å². The molecule has 6 heteroatoms. The third kappa shape index (κ3) is 5.47. The molecule has 0 spiro atoms. The van der Waals surface area contributed by atoms with Crippen LogP contribution in [0, 0.1) is 0 Å². The third-order valence-corrected chi connectivity index (χ3v) is 13.2. The van der Waals surface area contributed by atoms with Gasteiger partial charge in [0.2, 0.25) is 0 Å². The number of para-hydroxylation sites is 3. The van der Waals surface area contributed by atoms with Gasteiger partial charge in [-0.3, -0.25) is 0 Å². The van der Waals surface area contributed by atoms with Crippen molar-refractivity contribution in [2.45, 2.75) is 6.17 Å². The van der Waals surface area contributed by atoms with Crippen LogP contribution in [-0.4, -0.2) is 16.2 Å². The predicted molar refractivity (Wildman–Crippen MR) is 268 cm³/mol. The van der Waals surface area contributed by atoms with Crippen molar-refractivity contribution in [1.82, 2.24) is 9.88 Å². The summed E-state index contributed by atoms with van der Waals surface area (Å²) in [5.74, 6) is 1.31. The van der Waals surface area contributed by atoms with Gasteiger partial charge in [-0.15, -0.1) is 0 Å². The Balaban J connectivity index is 1.07. The lowest BCUT2D eigenvalue weighted by Crippen LogP contribution is -2.33. The first-order valence-electron chi connectivity index (χ1n) is 22.0. The van der Waals surface area contributed by atoms with Crippen LogP contribution in [-0.2, 0) is 0 Å². The molecule has 0 amide bonds. The summed E-state index contributed by atoms with van der Waals surface area (Å²) >= 11 is 0. The maximum atomic E-state index is 6.70. The molecule has 3 aromatic heterocycles. The molecule has 1 unspecified atom stereocenters. The molecule has 0 saturated heterocycles. The van der Waals surface area contributed by atoms with Crippen LogP contribution in [0.15, 0.2) is 225 Å². The van der Waals surface area contributed by atoms with Crippen molar-refractivity contribution >= 4 is 98.9 Å². The molecule has 1 aliphatic rings. The van der Waals surface area contributed by atoms with E-state index in [0.29, 0.717) is 11.7 Å². The van der Waals surface area contributed by atoms with Crippen molar-refractivity contribution in [2.24, 2.45) is 9.98 Å². The van der Waals surface area contributed by atoms with Crippen molar-refractivity contribution in [3.63, 3.8) is 0 Å². The lowest BCUT2D eigenvalue weighted by molar-refractivity contribution is 0.659. The van der Waals surface area contributed by atoms with Crippen LogP contribution in [0.3, 0.4) is 0 Å². The van der Waals surface area contributed by atoms with E-state index < -0.39 is 6.17 Å². The van der Waals surface area contributed by atoms with Gasteiger partial charge >= 0.3 is 0 Å². The SMILES string of the molecule is c1ccc(C2N=C(c3ccc(-n4c5ccccc5c5cc6ccccc6cc54)cc3-c3cccc4oc5ccc6ccccc6c5c34)N=C(c3cccc4c3oc3ccccc34)N2)cc1. The summed E-state index contributed by atoms with van der Waals surface area (Å²) in [6.07, 6.45) is -0.425. The number of nitrogens with one attached hydrogen (secondary N) is 1. The average molecular weight is 833 g/mol. The first-order chi connectivity index (χ1) is 32.2. The Labute approximate surface area is 372 Å². The molecule has 0 saturated carbocycles. The highest BCUT2D eigenvalue weighted by Crippen LogP contribution is 2.44. The van der Waals surface area contributed by atoms with E-state index in [0.717, 1.165) is 99.2 Å². The number of benzene rings is 10. The maximum absolute atomic E-state index is 6.70. The number of nitrogens with zero attached hydrogens (tertiary/aromatic N) is 3. The van der Waals surface area contributed by atoms with Gasteiger partial charge in [-0.05, 0) is 98.9 Å². The highest BCUT2D eigenvalue weighted by molar-refractivity contribution is 6.25. The van der Waals surface area contributed by atoms with E-state index in [1.807, 2.05) is 18.2 Å². The number of hydrogen-bond acceptors (Lipinski definition) is 5. The van der Waals surface area contributed by atoms with Gasteiger partial charge < -0.3 is 18.7 Å². The van der Waals surface area contributed by atoms with Crippen LogP contribution in [0.25, 0.3) is 104 Å². The number of furan rings is 2. The molecule has 65 heavy (non-hydrogen) atoms. The molecular formula is C59H36N4O2. The van der Waals surface area contributed by atoms with Crippen molar-refractivity contribution in [3.8, 4) is 16.8 Å². The second-order valence-corrected chi connectivity index (χ2v) is 16.9. The second kappa shape index (κ2) is 13.9. The van der Waals surface area contributed by atoms with Gasteiger partial charge in [-0.2, -0.15) is 0 Å². The fourth-order valence-corrected chi connectivity index (χ4v) is 10.3. The van der Waals surface area contributed by atoms with Gasteiger partial charge in [0.1, 0.15) is 34.3 Å². The third-order valence-electron chi connectivity index (χ3n) is 13.2. The molecule has 6 nitrogen and oxygen atoms in total. The fourth-order valence-electron chi connectivity index (χ4n) is 10.3. The van der Waals surface area contributed by atoms with Crippen LogP contribution in [0.2, 0.25) is 0 Å². The lowest BCUT2D eigenvalue weighted by atomic mass is 9.92. The summed E-state index contributed by atoms with van der Waals surface area (Å²) < 4.78 is 15.7. The van der Waals surface area contributed by atoms with E-state index in [1.165, 1.54) is 21.5 Å². The molecular weight excluding hydrogens is 797 g/mol. The Kier molecular flexibility index (Phi) is 7.65. The highest BCUT2D eigenvalue weighted by atomic mass is 16.3. The molecule has 0 bridgehead atoms. The fraction of sp³-hybridized carbons (Fsp3) is 0.0169. The summed E-state index contributed by atoms with van der Waals surface area (Å²) in [4.78, 5) is 10.9. The molecule has 0 fully saturated rings. The Bertz CT molecular complexity index is 4170. The Morgan fingerprint density at radius 3 is 2.00 bits per heavy atom. The summed E-state index contributed by atoms with van der Waals surface area (Å²) in [6, 6.07) is 72.8. The van der Waals surface area contributed by atoms with Gasteiger partial charge in [0.25, 0.3) is 0 Å². The number of rotatable bonds is 5. The number of amidine groups is 2. The van der Waals surface area contributed by atoms with E-state index in [1.54, 1.807) is 0 Å². The van der Waals surface area contributed by atoms with Gasteiger partial charge in [0, 0.05) is 43.6 Å². The number of hydrogen-bond donors (Lipinski definition) is 1.